The smallest absolute Gasteiger partial charge is 0.305 e. The minimum absolute atomic E-state index is 0.202. The van der Waals surface area contributed by atoms with Crippen molar-refractivity contribution in [2.75, 3.05) is 0 Å². The van der Waals surface area contributed by atoms with Gasteiger partial charge in [0.05, 0.1) is 0 Å². The van der Waals surface area contributed by atoms with Crippen LogP contribution in [0.2, 0.25) is 0 Å². The summed E-state index contributed by atoms with van der Waals surface area (Å²) in [6.45, 7) is 0.273. The highest BCUT2D eigenvalue weighted by Crippen LogP contribution is 2.39. The van der Waals surface area contributed by atoms with Gasteiger partial charge in [-0.2, -0.15) is 0 Å². The second kappa shape index (κ2) is 4.33. The third-order valence-corrected chi connectivity index (χ3v) is 4.07. The first-order chi connectivity index (χ1) is 9.12. The molecule has 0 radical (unpaired) electrons. The molecule has 1 spiro atoms. The van der Waals surface area contributed by atoms with Gasteiger partial charge in [0.25, 0.3) is 5.91 Å². The number of carbonyl (C=O) groups is 2. The van der Waals surface area contributed by atoms with E-state index in [2.05, 4.69) is 5.32 Å². The first-order valence-electron chi connectivity index (χ1n) is 6.49. The number of rotatable bonds is 2. The van der Waals surface area contributed by atoms with E-state index in [-0.39, 0.29) is 24.3 Å². The highest BCUT2D eigenvalue weighted by Gasteiger charge is 2.53. The quantitative estimate of drug-likeness (QED) is 0.831. The Balaban J connectivity index is 1.90. The number of benzene rings is 1. The Kier molecular flexibility index (Phi) is 2.77. The van der Waals surface area contributed by atoms with Gasteiger partial charge in [-0.3, -0.25) is 10.1 Å². The Labute approximate surface area is 110 Å². The molecule has 2 fully saturated rings. The van der Waals surface area contributed by atoms with Gasteiger partial charge >= 0.3 is 6.03 Å². The molecule has 1 N–H and O–H groups in total. The van der Waals surface area contributed by atoms with Gasteiger partial charge in [-0.15, -0.1) is 0 Å². The lowest BCUT2D eigenvalue weighted by Gasteiger charge is -2.31. The molecule has 19 heavy (non-hydrogen) atoms. The normalized spacial score (nSPS) is 21.2. The maximum atomic E-state index is 13.2. The Morgan fingerprint density at radius 2 is 2.00 bits per heavy atom. The van der Waals surface area contributed by atoms with Gasteiger partial charge < -0.3 is 4.90 Å². The van der Waals surface area contributed by atoms with E-state index < -0.39 is 5.54 Å². The van der Waals surface area contributed by atoms with Gasteiger partial charge in [0, 0.05) is 6.54 Å². The zero-order valence-corrected chi connectivity index (χ0v) is 10.5. The van der Waals surface area contributed by atoms with Crippen LogP contribution in [0.1, 0.15) is 31.2 Å². The predicted octanol–water partition coefficient (Wildman–Crippen LogP) is 2.19. The molecule has 0 aromatic heterocycles. The van der Waals surface area contributed by atoms with Gasteiger partial charge in [-0.25, -0.2) is 9.18 Å². The van der Waals surface area contributed by atoms with Crippen molar-refractivity contribution in [1.29, 1.82) is 0 Å². The Bertz CT molecular complexity index is 538. The Morgan fingerprint density at radius 1 is 1.26 bits per heavy atom. The third kappa shape index (κ3) is 1.89. The molecule has 3 rings (SSSR count). The summed E-state index contributed by atoms with van der Waals surface area (Å²) >= 11 is 0. The van der Waals surface area contributed by atoms with Crippen molar-refractivity contribution < 1.29 is 14.0 Å². The van der Waals surface area contributed by atoms with Gasteiger partial charge in [0.1, 0.15) is 11.4 Å². The molecule has 1 aliphatic heterocycles. The van der Waals surface area contributed by atoms with Crippen LogP contribution in [0.5, 0.6) is 0 Å². The standard InChI is InChI=1S/C14H15FN2O2/c15-11-5-3-4-10(8-11)9-17-13(19)16-12(18)14(17)6-1-2-7-14/h3-5,8H,1-2,6-7,9H2,(H,16,18,19). The number of hydrogen-bond donors (Lipinski definition) is 1. The Hall–Kier alpha value is -1.91. The van der Waals surface area contributed by atoms with E-state index in [4.69, 9.17) is 0 Å². The monoisotopic (exact) mass is 262 g/mol. The van der Waals surface area contributed by atoms with Crippen molar-refractivity contribution in [2.24, 2.45) is 0 Å². The summed E-state index contributed by atoms with van der Waals surface area (Å²) in [7, 11) is 0. The molecule has 1 aromatic carbocycles. The summed E-state index contributed by atoms with van der Waals surface area (Å²) in [6, 6.07) is 5.78. The number of imide groups is 1. The minimum Gasteiger partial charge on any atom is -0.305 e. The summed E-state index contributed by atoms with van der Waals surface area (Å²) < 4.78 is 13.2. The fourth-order valence-electron chi connectivity index (χ4n) is 3.10. The molecule has 1 heterocycles. The SMILES string of the molecule is O=C1NC(=O)C2(CCCC2)N1Cc1cccc(F)c1. The Morgan fingerprint density at radius 3 is 2.68 bits per heavy atom. The average Bonchev–Trinajstić information content (AvgIpc) is 2.93. The molecule has 2 aliphatic rings. The van der Waals surface area contributed by atoms with Crippen LogP contribution in [0.3, 0.4) is 0 Å². The van der Waals surface area contributed by atoms with Crippen molar-refractivity contribution in [3.8, 4) is 0 Å². The minimum atomic E-state index is -0.705. The average molecular weight is 262 g/mol. The maximum Gasteiger partial charge on any atom is 0.325 e. The van der Waals surface area contributed by atoms with Crippen LogP contribution in [0.15, 0.2) is 24.3 Å². The lowest BCUT2D eigenvalue weighted by Crippen LogP contribution is -2.46. The van der Waals surface area contributed by atoms with Crippen molar-refractivity contribution >= 4 is 11.9 Å². The van der Waals surface area contributed by atoms with Crippen LogP contribution >= 0.6 is 0 Å². The molecule has 5 heteroatoms. The van der Waals surface area contributed by atoms with Crippen molar-refractivity contribution in [3.63, 3.8) is 0 Å². The topological polar surface area (TPSA) is 49.4 Å². The third-order valence-electron chi connectivity index (χ3n) is 4.07. The first-order valence-corrected chi connectivity index (χ1v) is 6.49. The van der Waals surface area contributed by atoms with E-state index in [1.165, 1.54) is 12.1 Å². The van der Waals surface area contributed by atoms with Crippen LogP contribution < -0.4 is 5.32 Å². The molecule has 0 unspecified atom stereocenters. The number of carbonyl (C=O) groups excluding carboxylic acids is 2. The van der Waals surface area contributed by atoms with E-state index in [0.717, 1.165) is 12.8 Å². The second-order valence-electron chi connectivity index (χ2n) is 5.21. The van der Waals surface area contributed by atoms with E-state index in [9.17, 15) is 14.0 Å². The van der Waals surface area contributed by atoms with Crippen molar-refractivity contribution in [2.45, 2.75) is 37.8 Å². The zero-order chi connectivity index (χ0) is 13.5. The van der Waals surface area contributed by atoms with Crippen LogP contribution in [0.4, 0.5) is 9.18 Å². The fraction of sp³-hybridized carbons (Fsp3) is 0.429. The van der Waals surface area contributed by atoms with Crippen molar-refractivity contribution in [1.82, 2.24) is 10.2 Å². The van der Waals surface area contributed by atoms with Crippen LogP contribution in [0.25, 0.3) is 0 Å². The molecule has 1 saturated carbocycles. The van der Waals surface area contributed by atoms with Gasteiger partial charge in [0.15, 0.2) is 0 Å². The lowest BCUT2D eigenvalue weighted by molar-refractivity contribution is -0.126. The number of halogens is 1. The predicted molar refractivity (Wildman–Crippen MR) is 66.7 cm³/mol. The molecule has 1 aromatic rings. The summed E-state index contributed by atoms with van der Waals surface area (Å²) in [5.41, 5.74) is -0.000214. The maximum absolute atomic E-state index is 13.2. The molecular formula is C14H15FN2O2. The number of hydrogen-bond acceptors (Lipinski definition) is 2. The van der Waals surface area contributed by atoms with E-state index in [1.54, 1.807) is 17.0 Å². The number of amides is 3. The van der Waals surface area contributed by atoms with E-state index in [1.807, 2.05) is 0 Å². The fourth-order valence-corrected chi connectivity index (χ4v) is 3.10. The van der Waals surface area contributed by atoms with Crippen molar-refractivity contribution in [3.05, 3.63) is 35.6 Å². The first kappa shape index (κ1) is 12.1. The highest BCUT2D eigenvalue weighted by atomic mass is 19.1. The number of urea groups is 1. The number of nitrogens with zero attached hydrogens (tertiary/aromatic N) is 1. The summed E-state index contributed by atoms with van der Waals surface area (Å²) in [5, 5.41) is 2.39. The summed E-state index contributed by atoms with van der Waals surface area (Å²) in [4.78, 5) is 25.5. The van der Waals surface area contributed by atoms with Gasteiger partial charge in [-0.1, -0.05) is 25.0 Å². The van der Waals surface area contributed by atoms with Gasteiger partial charge in [-0.05, 0) is 30.5 Å². The zero-order valence-electron chi connectivity index (χ0n) is 10.5. The summed E-state index contributed by atoms with van der Waals surface area (Å²) in [6.07, 6.45) is 3.28. The van der Waals surface area contributed by atoms with Crippen LogP contribution in [-0.4, -0.2) is 22.4 Å². The summed E-state index contributed by atoms with van der Waals surface area (Å²) in [5.74, 6) is -0.532. The van der Waals surface area contributed by atoms with Crippen LogP contribution in [-0.2, 0) is 11.3 Å². The van der Waals surface area contributed by atoms with Crippen LogP contribution in [0, 0.1) is 5.82 Å². The molecule has 1 aliphatic carbocycles. The molecule has 4 nitrogen and oxygen atoms in total. The molecule has 0 atom stereocenters. The lowest BCUT2D eigenvalue weighted by atomic mass is 9.95. The largest absolute Gasteiger partial charge is 0.325 e. The molecule has 1 saturated heterocycles. The molecule has 3 amide bonds. The van der Waals surface area contributed by atoms with E-state index >= 15 is 0 Å². The number of nitrogens with one attached hydrogen (secondary N) is 1. The van der Waals surface area contributed by atoms with E-state index in [0.29, 0.717) is 18.4 Å². The van der Waals surface area contributed by atoms with Gasteiger partial charge in [0.2, 0.25) is 0 Å². The second-order valence-corrected chi connectivity index (χ2v) is 5.21. The highest BCUT2D eigenvalue weighted by molar-refractivity contribution is 6.07. The molecule has 0 bridgehead atoms. The molecule has 100 valence electrons. The molecular weight excluding hydrogens is 247 g/mol.